The van der Waals surface area contributed by atoms with Crippen molar-refractivity contribution in [2.45, 2.75) is 18.9 Å². The molecular weight excluding hydrogens is 376 g/mol. The van der Waals surface area contributed by atoms with Crippen molar-refractivity contribution in [2.75, 3.05) is 53.0 Å². The van der Waals surface area contributed by atoms with E-state index in [9.17, 15) is 14.4 Å². The van der Waals surface area contributed by atoms with Gasteiger partial charge in [-0.3, -0.25) is 19.4 Å². The molecule has 0 saturated carbocycles. The van der Waals surface area contributed by atoms with Gasteiger partial charge in [0.1, 0.15) is 11.8 Å². The lowest BCUT2D eigenvalue weighted by Gasteiger charge is -2.26. The second-order valence-electron chi connectivity index (χ2n) is 7.06. The fourth-order valence-corrected chi connectivity index (χ4v) is 3.50. The molecule has 0 spiro atoms. The van der Waals surface area contributed by atoms with Gasteiger partial charge in [-0.1, -0.05) is 18.2 Å². The molecule has 2 saturated heterocycles. The van der Waals surface area contributed by atoms with Crippen LogP contribution >= 0.6 is 0 Å². The number of para-hydroxylation sites is 1. The summed E-state index contributed by atoms with van der Waals surface area (Å²) in [6.45, 7) is 4.61. The normalized spacial score (nSPS) is 19.9. The van der Waals surface area contributed by atoms with Crippen LogP contribution in [0.2, 0.25) is 0 Å². The molecule has 0 aliphatic carbocycles. The van der Waals surface area contributed by atoms with Gasteiger partial charge in [0, 0.05) is 32.7 Å². The second-order valence-corrected chi connectivity index (χ2v) is 7.06. The van der Waals surface area contributed by atoms with Crippen LogP contribution in [-0.4, -0.2) is 86.7 Å². The zero-order chi connectivity index (χ0) is 20.6. The zero-order valence-corrected chi connectivity index (χ0v) is 16.7. The van der Waals surface area contributed by atoms with Crippen LogP contribution in [0, 0.1) is 0 Å². The van der Waals surface area contributed by atoms with Crippen molar-refractivity contribution < 1.29 is 23.9 Å². The van der Waals surface area contributed by atoms with Gasteiger partial charge in [-0.2, -0.15) is 0 Å². The van der Waals surface area contributed by atoms with Crippen LogP contribution in [0.15, 0.2) is 24.3 Å². The van der Waals surface area contributed by atoms with E-state index in [1.54, 1.807) is 7.11 Å². The minimum Gasteiger partial charge on any atom is -0.496 e. The highest BCUT2D eigenvalue weighted by Crippen LogP contribution is 2.19. The van der Waals surface area contributed by atoms with Gasteiger partial charge in [0.05, 0.1) is 26.7 Å². The van der Waals surface area contributed by atoms with Crippen LogP contribution in [0.3, 0.4) is 0 Å². The first-order valence-corrected chi connectivity index (χ1v) is 9.89. The van der Waals surface area contributed by atoms with Crippen molar-refractivity contribution in [1.29, 1.82) is 0 Å². The molecular formula is C20H28N4O5. The smallest absolute Gasteiger partial charge is 0.324 e. The molecule has 0 aromatic heterocycles. The third-order valence-electron chi connectivity index (χ3n) is 5.15. The summed E-state index contributed by atoms with van der Waals surface area (Å²) in [5, 5.41) is 5.43. The second kappa shape index (κ2) is 10.2. The molecule has 2 heterocycles. The maximum Gasteiger partial charge on any atom is 0.324 e. The van der Waals surface area contributed by atoms with Crippen molar-refractivity contribution in [3.05, 3.63) is 29.8 Å². The first-order valence-electron chi connectivity index (χ1n) is 9.89. The molecule has 29 heavy (non-hydrogen) atoms. The summed E-state index contributed by atoms with van der Waals surface area (Å²) >= 11 is 0. The van der Waals surface area contributed by atoms with Crippen molar-refractivity contribution >= 4 is 17.8 Å². The molecule has 2 aliphatic rings. The van der Waals surface area contributed by atoms with Gasteiger partial charge in [0.2, 0.25) is 5.91 Å². The Hall–Kier alpha value is -2.65. The third-order valence-corrected chi connectivity index (χ3v) is 5.15. The van der Waals surface area contributed by atoms with Gasteiger partial charge < -0.3 is 20.1 Å². The van der Waals surface area contributed by atoms with Crippen LogP contribution < -0.4 is 15.4 Å². The van der Waals surface area contributed by atoms with E-state index in [4.69, 9.17) is 9.47 Å². The average molecular weight is 404 g/mol. The highest BCUT2D eigenvalue weighted by Gasteiger charge is 2.38. The number of nitrogens with one attached hydrogen (secondary N) is 2. The van der Waals surface area contributed by atoms with E-state index < -0.39 is 12.1 Å². The topological polar surface area (TPSA) is 100 Å². The minimum absolute atomic E-state index is 0.0567. The zero-order valence-electron chi connectivity index (χ0n) is 16.7. The molecule has 9 nitrogen and oxygen atoms in total. The Labute approximate surface area is 170 Å². The lowest BCUT2D eigenvalue weighted by molar-refractivity contribution is -0.130. The summed E-state index contributed by atoms with van der Waals surface area (Å²) < 4.78 is 10.6. The molecule has 1 aromatic rings. The number of morpholine rings is 1. The SMILES string of the molecule is COc1ccccc1CCN1C(=O)NC(CC(=O)NCCN2CCOCC2)C1=O. The number of rotatable bonds is 9. The average Bonchev–Trinajstić information content (AvgIpc) is 3.00. The van der Waals surface area contributed by atoms with Gasteiger partial charge in [-0.25, -0.2) is 4.79 Å². The molecule has 1 atom stereocenters. The van der Waals surface area contributed by atoms with Crippen LogP contribution in [0.1, 0.15) is 12.0 Å². The van der Waals surface area contributed by atoms with Crippen LogP contribution in [0.25, 0.3) is 0 Å². The molecule has 9 heteroatoms. The number of urea groups is 1. The number of hydrogen-bond acceptors (Lipinski definition) is 6. The molecule has 0 radical (unpaired) electrons. The van der Waals surface area contributed by atoms with Crippen molar-refractivity contribution in [1.82, 2.24) is 20.4 Å². The Kier molecular flexibility index (Phi) is 7.42. The predicted octanol–water partition coefficient (Wildman–Crippen LogP) is -0.00340. The first-order chi connectivity index (χ1) is 14.1. The van der Waals surface area contributed by atoms with Crippen LogP contribution in [0.4, 0.5) is 4.79 Å². The highest BCUT2D eigenvalue weighted by molar-refractivity contribution is 6.05. The van der Waals surface area contributed by atoms with E-state index in [0.29, 0.717) is 26.2 Å². The fraction of sp³-hybridized carbons (Fsp3) is 0.550. The predicted molar refractivity (Wildman–Crippen MR) is 106 cm³/mol. The van der Waals surface area contributed by atoms with E-state index in [2.05, 4.69) is 15.5 Å². The molecule has 1 unspecified atom stereocenters. The number of nitrogens with zero attached hydrogens (tertiary/aromatic N) is 2. The maximum absolute atomic E-state index is 12.6. The van der Waals surface area contributed by atoms with E-state index in [1.165, 1.54) is 0 Å². The molecule has 1 aromatic carbocycles. The summed E-state index contributed by atoms with van der Waals surface area (Å²) in [6.07, 6.45) is 0.431. The van der Waals surface area contributed by atoms with E-state index >= 15 is 0 Å². The van der Waals surface area contributed by atoms with E-state index in [0.717, 1.165) is 35.8 Å². The molecule has 158 valence electrons. The summed E-state index contributed by atoms with van der Waals surface area (Å²) in [5.41, 5.74) is 0.917. The summed E-state index contributed by atoms with van der Waals surface area (Å²) in [4.78, 5) is 40.3. The largest absolute Gasteiger partial charge is 0.496 e. The maximum atomic E-state index is 12.6. The minimum atomic E-state index is -0.816. The quantitative estimate of drug-likeness (QED) is 0.562. The number of carbonyl (C=O) groups is 3. The first kappa shape index (κ1) is 21.1. The molecule has 2 N–H and O–H groups in total. The summed E-state index contributed by atoms with van der Waals surface area (Å²) in [6, 6.07) is 6.21. The van der Waals surface area contributed by atoms with Gasteiger partial charge >= 0.3 is 6.03 Å². The Balaban J connectivity index is 1.43. The van der Waals surface area contributed by atoms with E-state index in [-0.39, 0.29) is 24.8 Å². The lowest BCUT2D eigenvalue weighted by Crippen LogP contribution is -2.42. The van der Waals surface area contributed by atoms with Crippen molar-refractivity contribution in [3.8, 4) is 5.75 Å². The fourth-order valence-electron chi connectivity index (χ4n) is 3.50. The Bertz CT molecular complexity index is 735. The molecule has 0 bridgehead atoms. The summed E-state index contributed by atoms with van der Waals surface area (Å²) in [7, 11) is 1.58. The van der Waals surface area contributed by atoms with E-state index in [1.807, 2.05) is 24.3 Å². The van der Waals surface area contributed by atoms with Crippen molar-refractivity contribution in [3.63, 3.8) is 0 Å². The summed E-state index contributed by atoms with van der Waals surface area (Å²) in [5.74, 6) is 0.104. The van der Waals surface area contributed by atoms with Gasteiger partial charge in [-0.15, -0.1) is 0 Å². The van der Waals surface area contributed by atoms with Crippen molar-refractivity contribution in [2.24, 2.45) is 0 Å². The standard InChI is InChI=1S/C20H28N4O5/c1-28-17-5-3-2-4-15(17)6-8-24-19(26)16(22-20(24)27)14-18(25)21-7-9-23-10-12-29-13-11-23/h2-5,16H,6-14H2,1H3,(H,21,25)(H,22,27). The molecule has 2 fully saturated rings. The highest BCUT2D eigenvalue weighted by atomic mass is 16.5. The third kappa shape index (κ3) is 5.68. The number of amides is 4. The number of hydrogen-bond donors (Lipinski definition) is 2. The number of imide groups is 1. The number of ether oxygens (including phenoxy) is 2. The monoisotopic (exact) mass is 404 g/mol. The van der Waals surface area contributed by atoms with Gasteiger partial charge in [-0.05, 0) is 18.1 Å². The molecule has 3 rings (SSSR count). The number of benzene rings is 1. The Morgan fingerprint density at radius 1 is 1.24 bits per heavy atom. The van der Waals surface area contributed by atoms with Gasteiger partial charge in [0.25, 0.3) is 5.91 Å². The number of carbonyl (C=O) groups excluding carboxylic acids is 3. The van der Waals surface area contributed by atoms with Gasteiger partial charge in [0.15, 0.2) is 0 Å². The lowest BCUT2D eigenvalue weighted by atomic mass is 10.1. The van der Waals surface area contributed by atoms with Crippen LogP contribution in [-0.2, 0) is 20.7 Å². The Morgan fingerprint density at radius 2 is 2.00 bits per heavy atom. The molecule has 2 aliphatic heterocycles. The van der Waals surface area contributed by atoms with Crippen LogP contribution in [0.5, 0.6) is 5.75 Å². The number of methoxy groups -OCH3 is 1. The Morgan fingerprint density at radius 3 is 2.76 bits per heavy atom. The molecule has 4 amide bonds.